The summed E-state index contributed by atoms with van der Waals surface area (Å²) in [7, 11) is 1.51. The van der Waals surface area contributed by atoms with Crippen LogP contribution in [0.3, 0.4) is 0 Å². The van der Waals surface area contributed by atoms with Gasteiger partial charge in [0.05, 0.1) is 18.6 Å². The van der Waals surface area contributed by atoms with Crippen molar-refractivity contribution >= 4 is 58.5 Å². The van der Waals surface area contributed by atoms with Crippen LogP contribution in [-0.2, 0) is 9.59 Å². The van der Waals surface area contributed by atoms with Crippen LogP contribution in [0.2, 0.25) is 5.02 Å². The average molecular weight is 600 g/mol. The lowest BCUT2D eigenvalue weighted by atomic mass is 10.1. The molecule has 4 aromatic rings. The lowest BCUT2D eigenvalue weighted by molar-refractivity contribution is -0.114. The summed E-state index contributed by atoms with van der Waals surface area (Å²) >= 11 is 7.48. The summed E-state index contributed by atoms with van der Waals surface area (Å²) in [4.78, 5) is 39.8. The lowest BCUT2D eigenvalue weighted by Crippen LogP contribution is -2.30. The van der Waals surface area contributed by atoms with E-state index in [0.29, 0.717) is 27.7 Å². The molecule has 3 amide bonds. The highest BCUT2D eigenvalue weighted by atomic mass is 35.5. The van der Waals surface area contributed by atoms with Gasteiger partial charge in [-0.2, -0.15) is 0 Å². The van der Waals surface area contributed by atoms with Crippen LogP contribution >= 0.6 is 23.4 Å². The molecule has 0 aromatic heterocycles. The van der Waals surface area contributed by atoms with Crippen molar-refractivity contribution in [1.82, 2.24) is 5.32 Å². The first kappa shape index (κ1) is 30.4. The van der Waals surface area contributed by atoms with Crippen molar-refractivity contribution in [2.24, 2.45) is 0 Å². The van der Waals surface area contributed by atoms with Crippen LogP contribution in [-0.4, -0.2) is 30.6 Å². The Labute approximate surface area is 254 Å². The van der Waals surface area contributed by atoms with Crippen molar-refractivity contribution in [3.63, 3.8) is 0 Å². The van der Waals surface area contributed by atoms with Crippen LogP contribution in [0.5, 0.6) is 5.75 Å². The van der Waals surface area contributed by atoms with Gasteiger partial charge in [-0.15, -0.1) is 11.8 Å². The van der Waals surface area contributed by atoms with E-state index in [0.717, 1.165) is 21.6 Å². The van der Waals surface area contributed by atoms with Crippen LogP contribution in [0, 0.1) is 13.8 Å². The van der Waals surface area contributed by atoms with Gasteiger partial charge in [0.15, 0.2) is 0 Å². The van der Waals surface area contributed by atoms with Crippen molar-refractivity contribution in [1.29, 1.82) is 0 Å². The first-order valence-corrected chi connectivity index (χ1v) is 14.4. The molecule has 9 heteroatoms. The van der Waals surface area contributed by atoms with Gasteiger partial charge in [0, 0.05) is 27.2 Å². The van der Waals surface area contributed by atoms with Crippen LogP contribution in [0.4, 0.5) is 11.4 Å². The number of hydrogen-bond acceptors (Lipinski definition) is 5. The van der Waals surface area contributed by atoms with E-state index < -0.39 is 11.8 Å². The van der Waals surface area contributed by atoms with E-state index in [1.165, 1.54) is 18.9 Å². The molecule has 7 nitrogen and oxygen atoms in total. The molecule has 214 valence electrons. The number of carbonyl (C=O) groups is 3. The van der Waals surface area contributed by atoms with Gasteiger partial charge in [-0.25, -0.2) is 0 Å². The van der Waals surface area contributed by atoms with Crippen LogP contribution < -0.4 is 20.7 Å². The minimum absolute atomic E-state index is 0.0998. The van der Waals surface area contributed by atoms with E-state index in [1.54, 1.807) is 60.7 Å². The number of carbonyl (C=O) groups excluding carboxylic acids is 3. The number of benzene rings is 4. The molecule has 0 heterocycles. The summed E-state index contributed by atoms with van der Waals surface area (Å²) < 4.78 is 5.33. The summed E-state index contributed by atoms with van der Waals surface area (Å²) in [6.45, 7) is 3.78. The summed E-state index contributed by atoms with van der Waals surface area (Å²) in [5.74, 6) is -0.487. The molecule has 0 unspecified atom stereocenters. The molecule has 0 aliphatic heterocycles. The molecule has 0 bridgehead atoms. The highest BCUT2D eigenvalue weighted by molar-refractivity contribution is 8.00. The predicted molar refractivity (Wildman–Crippen MR) is 170 cm³/mol. The van der Waals surface area contributed by atoms with Gasteiger partial charge in [-0.05, 0) is 73.0 Å². The molecule has 0 saturated carbocycles. The first-order chi connectivity index (χ1) is 20.2. The molecule has 42 heavy (non-hydrogen) atoms. The van der Waals surface area contributed by atoms with Gasteiger partial charge in [0.25, 0.3) is 11.8 Å². The Morgan fingerprint density at radius 2 is 1.60 bits per heavy atom. The zero-order valence-corrected chi connectivity index (χ0v) is 24.9. The van der Waals surface area contributed by atoms with Gasteiger partial charge in [0.2, 0.25) is 5.91 Å². The minimum atomic E-state index is -0.479. The van der Waals surface area contributed by atoms with E-state index in [9.17, 15) is 14.4 Å². The minimum Gasteiger partial charge on any atom is -0.495 e. The van der Waals surface area contributed by atoms with E-state index in [-0.39, 0.29) is 17.4 Å². The van der Waals surface area contributed by atoms with Gasteiger partial charge in [-0.1, -0.05) is 60.1 Å². The SMILES string of the molecule is COc1cc(Cl)c(C)cc1NC(=O)CSc1cccc(NC(=O)/C(=C/c2ccccc2C)NC(=O)c2ccccc2)c1. The van der Waals surface area contributed by atoms with Gasteiger partial charge >= 0.3 is 0 Å². The number of nitrogens with one attached hydrogen (secondary N) is 3. The van der Waals surface area contributed by atoms with Crippen LogP contribution in [0.15, 0.2) is 102 Å². The summed E-state index contributed by atoms with van der Waals surface area (Å²) in [6.07, 6.45) is 1.65. The Kier molecular flexibility index (Phi) is 10.4. The third-order valence-corrected chi connectivity index (χ3v) is 7.63. The quantitative estimate of drug-likeness (QED) is 0.133. The number of halogens is 1. The fourth-order valence-electron chi connectivity index (χ4n) is 3.97. The molecule has 4 aromatic carbocycles. The molecule has 0 spiro atoms. The molecule has 0 aliphatic carbocycles. The molecule has 0 radical (unpaired) electrons. The smallest absolute Gasteiger partial charge is 0.272 e. The number of hydrogen-bond donors (Lipinski definition) is 3. The van der Waals surface area contributed by atoms with E-state index in [2.05, 4.69) is 16.0 Å². The number of anilines is 2. The number of thioether (sulfide) groups is 1. The fourth-order valence-corrected chi connectivity index (χ4v) is 4.88. The van der Waals surface area contributed by atoms with Crippen molar-refractivity contribution in [3.8, 4) is 5.75 Å². The number of ether oxygens (including phenoxy) is 1. The van der Waals surface area contributed by atoms with Crippen LogP contribution in [0.1, 0.15) is 27.0 Å². The second-order valence-electron chi connectivity index (χ2n) is 9.36. The Hall–Kier alpha value is -4.53. The number of aryl methyl sites for hydroxylation is 2. The highest BCUT2D eigenvalue weighted by Gasteiger charge is 2.16. The summed E-state index contributed by atoms with van der Waals surface area (Å²) in [5, 5.41) is 9.04. The van der Waals surface area contributed by atoms with Crippen molar-refractivity contribution in [3.05, 3.63) is 124 Å². The zero-order chi connectivity index (χ0) is 30.1. The molecular formula is C33H30ClN3O4S. The standard InChI is InChI=1S/C33H30ClN3O4S/c1-21-10-7-8-13-24(21)17-29(37-32(39)23-11-5-4-6-12-23)33(40)35-25-14-9-15-26(18-25)42-20-31(38)36-28-16-22(2)27(34)19-30(28)41-3/h4-19H,20H2,1-3H3,(H,35,40)(H,36,38)(H,37,39)/b29-17-. The van der Waals surface area contributed by atoms with Crippen LogP contribution in [0.25, 0.3) is 6.08 Å². The molecule has 0 aliphatic rings. The third-order valence-electron chi connectivity index (χ3n) is 6.23. The number of rotatable bonds is 10. The number of amides is 3. The van der Waals surface area contributed by atoms with E-state index in [4.69, 9.17) is 16.3 Å². The Morgan fingerprint density at radius 3 is 2.33 bits per heavy atom. The van der Waals surface area contributed by atoms with Gasteiger partial charge in [-0.3, -0.25) is 14.4 Å². The third kappa shape index (κ3) is 8.25. The first-order valence-electron chi connectivity index (χ1n) is 13.1. The molecule has 0 saturated heterocycles. The lowest BCUT2D eigenvalue weighted by Gasteiger charge is -2.13. The molecular weight excluding hydrogens is 570 g/mol. The largest absolute Gasteiger partial charge is 0.495 e. The maximum Gasteiger partial charge on any atom is 0.272 e. The molecule has 0 atom stereocenters. The second-order valence-corrected chi connectivity index (χ2v) is 10.8. The maximum atomic E-state index is 13.4. The Balaban J connectivity index is 1.46. The topological polar surface area (TPSA) is 96.5 Å². The summed E-state index contributed by atoms with van der Waals surface area (Å²) in [6, 6.07) is 26.9. The van der Waals surface area contributed by atoms with Crippen molar-refractivity contribution in [2.75, 3.05) is 23.5 Å². The molecule has 3 N–H and O–H groups in total. The fraction of sp³-hybridized carbons (Fsp3) is 0.121. The second kappa shape index (κ2) is 14.4. The van der Waals surface area contributed by atoms with Gasteiger partial charge < -0.3 is 20.7 Å². The van der Waals surface area contributed by atoms with E-state index in [1.807, 2.05) is 50.2 Å². The average Bonchev–Trinajstić information content (AvgIpc) is 2.99. The number of methoxy groups -OCH3 is 1. The maximum absolute atomic E-state index is 13.4. The Morgan fingerprint density at radius 1 is 0.857 bits per heavy atom. The molecule has 0 fully saturated rings. The normalized spacial score (nSPS) is 11.0. The van der Waals surface area contributed by atoms with Crippen molar-refractivity contribution in [2.45, 2.75) is 18.7 Å². The highest BCUT2D eigenvalue weighted by Crippen LogP contribution is 2.31. The zero-order valence-electron chi connectivity index (χ0n) is 23.4. The predicted octanol–water partition coefficient (Wildman–Crippen LogP) is 7.11. The summed E-state index contributed by atoms with van der Waals surface area (Å²) in [5.41, 5.74) is 4.17. The van der Waals surface area contributed by atoms with E-state index >= 15 is 0 Å². The monoisotopic (exact) mass is 599 g/mol. The van der Waals surface area contributed by atoms with Crippen molar-refractivity contribution < 1.29 is 19.1 Å². The molecule has 4 rings (SSSR count). The Bertz CT molecular complexity index is 1640. The van der Waals surface area contributed by atoms with Gasteiger partial charge in [0.1, 0.15) is 11.4 Å².